The second kappa shape index (κ2) is 7.95. The summed E-state index contributed by atoms with van der Waals surface area (Å²) in [5.41, 5.74) is 3.96. The highest BCUT2D eigenvalue weighted by molar-refractivity contribution is 6.31. The lowest BCUT2D eigenvalue weighted by molar-refractivity contribution is 0.446. The molecule has 2 saturated carbocycles. The number of anilines is 4. The Hall–Kier alpha value is -2.53. The van der Waals surface area contributed by atoms with Crippen LogP contribution in [0.15, 0.2) is 36.4 Å². The number of fused-ring (bicyclic) bond motifs is 1. The number of benzene rings is 2. The van der Waals surface area contributed by atoms with E-state index >= 15 is 0 Å². The van der Waals surface area contributed by atoms with Gasteiger partial charge in [0.25, 0.3) is 0 Å². The monoisotopic (exact) mass is 421 g/mol. The predicted molar refractivity (Wildman–Crippen MR) is 126 cm³/mol. The lowest BCUT2D eigenvalue weighted by Gasteiger charge is -2.28. The molecule has 3 N–H and O–H groups in total. The van der Waals surface area contributed by atoms with Gasteiger partial charge < -0.3 is 16.0 Å². The van der Waals surface area contributed by atoms with E-state index in [1.165, 1.54) is 32.1 Å². The fraction of sp³-hybridized carbons (Fsp3) is 0.417. The van der Waals surface area contributed by atoms with Gasteiger partial charge in [0.05, 0.1) is 5.69 Å². The number of aryl methyl sites for hydroxylation is 1. The maximum absolute atomic E-state index is 6.32. The number of halogens is 1. The Balaban J connectivity index is 1.54. The van der Waals surface area contributed by atoms with Crippen LogP contribution >= 0.6 is 11.6 Å². The van der Waals surface area contributed by atoms with Crippen LogP contribution in [0.4, 0.5) is 23.1 Å². The second-order valence-corrected chi connectivity index (χ2v) is 9.14. The van der Waals surface area contributed by atoms with E-state index in [9.17, 15) is 0 Å². The Labute approximate surface area is 182 Å². The van der Waals surface area contributed by atoms with Gasteiger partial charge in [0.15, 0.2) is 0 Å². The molecular formula is C24H28ClN5. The topological polar surface area (TPSA) is 61.9 Å². The summed E-state index contributed by atoms with van der Waals surface area (Å²) in [4.78, 5) is 9.74. The van der Waals surface area contributed by atoms with Crippen LogP contribution in [0.1, 0.15) is 44.6 Å². The van der Waals surface area contributed by atoms with Gasteiger partial charge in [-0.05, 0) is 81.7 Å². The third kappa shape index (κ3) is 4.04. The molecule has 0 saturated heterocycles. The molecule has 0 unspecified atom stereocenters. The van der Waals surface area contributed by atoms with Gasteiger partial charge in [0, 0.05) is 28.2 Å². The molecule has 30 heavy (non-hydrogen) atoms. The van der Waals surface area contributed by atoms with Crippen LogP contribution in [0.5, 0.6) is 0 Å². The van der Waals surface area contributed by atoms with E-state index in [-0.39, 0.29) is 0 Å². The number of nitrogens with one attached hydrogen (secondary N) is 3. The van der Waals surface area contributed by atoms with Crippen LogP contribution in [0.25, 0.3) is 10.9 Å². The molecule has 5 nitrogen and oxygen atoms in total. The number of para-hydroxylation sites is 1. The van der Waals surface area contributed by atoms with Crippen LogP contribution in [-0.2, 0) is 0 Å². The number of aromatic nitrogens is 2. The van der Waals surface area contributed by atoms with Crippen LogP contribution in [0, 0.1) is 12.8 Å². The van der Waals surface area contributed by atoms with Gasteiger partial charge in [-0.3, -0.25) is 0 Å². The Bertz CT molecular complexity index is 1070. The van der Waals surface area contributed by atoms with Gasteiger partial charge in [0.1, 0.15) is 11.3 Å². The first-order valence-electron chi connectivity index (χ1n) is 10.9. The minimum Gasteiger partial charge on any atom is -0.381 e. The summed E-state index contributed by atoms with van der Waals surface area (Å²) in [6.07, 6.45) is 6.32. The minimum atomic E-state index is 0.396. The smallest absolute Gasteiger partial charge is 0.229 e. The largest absolute Gasteiger partial charge is 0.381 e. The molecule has 3 aromatic rings. The van der Waals surface area contributed by atoms with Crippen LogP contribution < -0.4 is 16.0 Å². The first-order chi connectivity index (χ1) is 14.6. The minimum absolute atomic E-state index is 0.396. The molecule has 2 aliphatic rings. The van der Waals surface area contributed by atoms with E-state index in [1.807, 2.05) is 25.1 Å². The van der Waals surface area contributed by atoms with E-state index in [2.05, 4.69) is 41.1 Å². The molecule has 0 amide bonds. The third-order valence-electron chi connectivity index (χ3n) is 6.31. The van der Waals surface area contributed by atoms with Crippen molar-refractivity contribution in [3.05, 3.63) is 47.0 Å². The first kappa shape index (κ1) is 19.4. The van der Waals surface area contributed by atoms with E-state index < -0.39 is 0 Å². The predicted octanol–water partition coefficient (Wildman–Crippen LogP) is 6.51. The summed E-state index contributed by atoms with van der Waals surface area (Å²) in [7, 11) is 0. The molecule has 0 spiro atoms. The van der Waals surface area contributed by atoms with Gasteiger partial charge in [-0.25, -0.2) is 4.98 Å². The Morgan fingerprint density at radius 2 is 1.90 bits per heavy atom. The van der Waals surface area contributed by atoms with Gasteiger partial charge in [-0.1, -0.05) is 23.7 Å². The molecular weight excluding hydrogens is 394 g/mol. The molecule has 5 rings (SSSR count). The molecule has 0 radical (unpaired) electrons. The zero-order valence-electron chi connectivity index (χ0n) is 17.5. The summed E-state index contributed by atoms with van der Waals surface area (Å²) in [5, 5.41) is 12.5. The Morgan fingerprint density at radius 1 is 1.07 bits per heavy atom. The number of rotatable bonds is 7. The standard InChI is InChI=1S/C24H28ClN5/c1-14-9-12-18(13-20(14)25)28-24-29-22-19(23(30-24)26-15(2)16-10-11-16)7-4-8-21(22)27-17-5-3-6-17/h4,7-9,12-13,15-17,27H,3,5-6,10-11H2,1-2H3,(H2,26,28,29,30)/t15-/m1/s1. The molecule has 0 aliphatic heterocycles. The molecule has 2 aliphatic carbocycles. The van der Waals surface area contributed by atoms with E-state index in [4.69, 9.17) is 21.6 Å². The maximum atomic E-state index is 6.32. The quantitative estimate of drug-likeness (QED) is 0.406. The van der Waals surface area contributed by atoms with Gasteiger partial charge in [-0.2, -0.15) is 4.98 Å². The lowest BCUT2D eigenvalue weighted by Crippen LogP contribution is -2.27. The Kier molecular flexibility index (Phi) is 5.15. The van der Waals surface area contributed by atoms with Crippen molar-refractivity contribution in [2.24, 2.45) is 5.92 Å². The van der Waals surface area contributed by atoms with Crippen molar-refractivity contribution in [1.82, 2.24) is 9.97 Å². The molecule has 2 aromatic carbocycles. The highest BCUT2D eigenvalue weighted by Crippen LogP contribution is 2.36. The summed E-state index contributed by atoms with van der Waals surface area (Å²) in [6, 6.07) is 13.2. The highest BCUT2D eigenvalue weighted by atomic mass is 35.5. The SMILES string of the molecule is Cc1ccc(Nc2nc(N[C@H](C)C3CC3)c3cccc(NC4CCC4)c3n2)cc1Cl. The van der Waals surface area contributed by atoms with Crippen LogP contribution in [0.2, 0.25) is 5.02 Å². The zero-order valence-corrected chi connectivity index (χ0v) is 18.3. The van der Waals surface area contributed by atoms with Gasteiger partial charge in [-0.15, -0.1) is 0 Å². The molecule has 6 heteroatoms. The number of nitrogens with zero attached hydrogens (tertiary/aromatic N) is 2. The van der Waals surface area contributed by atoms with Crippen molar-refractivity contribution < 1.29 is 0 Å². The molecule has 0 bridgehead atoms. The van der Waals surface area contributed by atoms with Crippen molar-refractivity contribution >= 4 is 45.6 Å². The average molecular weight is 422 g/mol. The normalized spacial score (nSPS) is 17.4. The fourth-order valence-electron chi connectivity index (χ4n) is 3.94. The summed E-state index contributed by atoms with van der Waals surface area (Å²) < 4.78 is 0. The van der Waals surface area contributed by atoms with Gasteiger partial charge >= 0.3 is 0 Å². The molecule has 1 heterocycles. The van der Waals surface area contributed by atoms with Crippen molar-refractivity contribution in [1.29, 1.82) is 0 Å². The van der Waals surface area contributed by atoms with E-state index in [0.29, 0.717) is 18.0 Å². The van der Waals surface area contributed by atoms with Crippen molar-refractivity contribution in [2.75, 3.05) is 16.0 Å². The maximum Gasteiger partial charge on any atom is 0.229 e. The second-order valence-electron chi connectivity index (χ2n) is 8.73. The Morgan fingerprint density at radius 3 is 2.60 bits per heavy atom. The number of hydrogen-bond acceptors (Lipinski definition) is 5. The summed E-state index contributed by atoms with van der Waals surface area (Å²) in [5.74, 6) is 2.20. The molecule has 2 fully saturated rings. The van der Waals surface area contributed by atoms with Crippen LogP contribution in [0.3, 0.4) is 0 Å². The lowest BCUT2D eigenvalue weighted by atomic mass is 9.93. The molecule has 1 aromatic heterocycles. The first-order valence-corrected chi connectivity index (χ1v) is 11.3. The summed E-state index contributed by atoms with van der Waals surface area (Å²) >= 11 is 6.32. The fourth-order valence-corrected chi connectivity index (χ4v) is 4.12. The average Bonchev–Trinajstić information content (AvgIpc) is 3.53. The van der Waals surface area contributed by atoms with E-state index in [0.717, 1.165) is 44.6 Å². The molecule has 1 atom stereocenters. The van der Waals surface area contributed by atoms with E-state index in [1.54, 1.807) is 0 Å². The third-order valence-corrected chi connectivity index (χ3v) is 6.72. The highest BCUT2D eigenvalue weighted by Gasteiger charge is 2.29. The van der Waals surface area contributed by atoms with Gasteiger partial charge in [0.2, 0.25) is 5.95 Å². The molecule has 156 valence electrons. The van der Waals surface area contributed by atoms with Crippen molar-refractivity contribution in [3.63, 3.8) is 0 Å². The number of hydrogen-bond donors (Lipinski definition) is 3. The summed E-state index contributed by atoms with van der Waals surface area (Å²) in [6.45, 7) is 4.24. The zero-order chi connectivity index (χ0) is 20.7. The van der Waals surface area contributed by atoms with Crippen LogP contribution in [-0.4, -0.2) is 22.1 Å². The van der Waals surface area contributed by atoms with Crippen molar-refractivity contribution in [2.45, 2.75) is 58.0 Å². The van der Waals surface area contributed by atoms with Crippen molar-refractivity contribution in [3.8, 4) is 0 Å².